The quantitative estimate of drug-likeness (QED) is 0.754. The van der Waals surface area contributed by atoms with E-state index in [4.69, 9.17) is 0 Å². The van der Waals surface area contributed by atoms with Crippen LogP contribution < -0.4 is 5.32 Å². The Balaban J connectivity index is 1.81. The average Bonchev–Trinajstić information content (AvgIpc) is 2.35. The number of nitrogens with one attached hydrogen (secondary N) is 1. The van der Waals surface area contributed by atoms with Crippen LogP contribution in [-0.4, -0.2) is 12.1 Å². The fourth-order valence-corrected chi connectivity index (χ4v) is 4.44. The van der Waals surface area contributed by atoms with Gasteiger partial charge < -0.3 is 5.32 Å². The highest BCUT2D eigenvalue weighted by atomic mass is 15.0. The Hall–Kier alpha value is -0.0400. The first kappa shape index (κ1) is 15.4. The zero-order valence-electron chi connectivity index (χ0n) is 13.6. The molecule has 112 valence electrons. The molecule has 5 atom stereocenters. The van der Waals surface area contributed by atoms with Crippen LogP contribution in [-0.2, 0) is 0 Å². The summed E-state index contributed by atoms with van der Waals surface area (Å²) in [6.45, 7) is 9.67. The number of rotatable bonds is 4. The van der Waals surface area contributed by atoms with Gasteiger partial charge in [-0.3, -0.25) is 0 Å². The highest BCUT2D eigenvalue weighted by molar-refractivity contribution is 4.87. The molecule has 0 heterocycles. The monoisotopic (exact) mass is 265 g/mol. The lowest BCUT2D eigenvalue weighted by Crippen LogP contribution is -2.47. The summed E-state index contributed by atoms with van der Waals surface area (Å²) in [6, 6.07) is 1.61. The number of hydrogen-bond acceptors (Lipinski definition) is 1. The Kier molecular flexibility index (Phi) is 5.74. The molecule has 2 aliphatic carbocycles. The third-order valence-corrected chi connectivity index (χ3v) is 5.74. The fourth-order valence-electron chi connectivity index (χ4n) is 4.44. The van der Waals surface area contributed by atoms with Crippen molar-refractivity contribution >= 4 is 0 Å². The van der Waals surface area contributed by atoms with Crippen molar-refractivity contribution in [2.24, 2.45) is 23.7 Å². The SMILES string of the molecule is CC(C)CC1CCCC(NC2CCCC(C)C2C)C1. The maximum atomic E-state index is 4.04. The van der Waals surface area contributed by atoms with Gasteiger partial charge in [-0.25, -0.2) is 0 Å². The van der Waals surface area contributed by atoms with Crippen molar-refractivity contribution < 1.29 is 0 Å². The first-order chi connectivity index (χ1) is 9.06. The van der Waals surface area contributed by atoms with Gasteiger partial charge in [0.15, 0.2) is 0 Å². The third kappa shape index (κ3) is 4.48. The molecule has 1 heteroatoms. The standard InChI is InChI=1S/C18H35N/c1-13(2)11-16-8-6-9-17(12-16)19-18-10-5-7-14(3)15(18)4/h13-19H,5-12H2,1-4H3. The van der Waals surface area contributed by atoms with E-state index in [0.29, 0.717) is 0 Å². The second-order valence-corrected chi connectivity index (χ2v) is 7.90. The molecule has 0 saturated heterocycles. The van der Waals surface area contributed by atoms with Crippen molar-refractivity contribution in [2.75, 3.05) is 0 Å². The van der Waals surface area contributed by atoms with E-state index in [1.54, 1.807) is 0 Å². The molecular formula is C18H35N. The van der Waals surface area contributed by atoms with Crippen LogP contribution in [0.3, 0.4) is 0 Å². The van der Waals surface area contributed by atoms with Gasteiger partial charge in [-0.1, -0.05) is 53.4 Å². The lowest BCUT2D eigenvalue weighted by molar-refractivity contribution is 0.165. The topological polar surface area (TPSA) is 12.0 Å². The predicted octanol–water partition coefficient (Wildman–Crippen LogP) is 5.01. The van der Waals surface area contributed by atoms with E-state index in [1.807, 2.05) is 0 Å². The molecule has 2 rings (SSSR count). The van der Waals surface area contributed by atoms with Gasteiger partial charge in [-0.05, 0) is 49.4 Å². The number of hydrogen-bond donors (Lipinski definition) is 1. The molecule has 0 aromatic rings. The Morgan fingerprint density at radius 1 is 1.00 bits per heavy atom. The summed E-state index contributed by atoms with van der Waals surface area (Å²) in [5.41, 5.74) is 0. The Morgan fingerprint density at radius 2 is 1.74 bits per heavy atom. The summed E-state index contributed by atoms with van der Waals surface area (Å²) in [4.78, 5) is 0. The van der Waals surface area contributed by atoms with E-state index in [-0.39, 0.29) is 0 Å². The van der Waals surface area contributed by atoms with E-state index < -0.39 is 0 Å². The van der Waals surface area contributed by atoms with Crippen molar-refractivity contribution in [2.45, 2.75) is 91.1 Å². The molecule has 5 unspecified atom stereocenters. The summed E-state index contributed by atoms with van der Waals surface area (Å²) in [5, 5.41) is 4.04. The molecule has 2 fully saturated rings. The van der Waals surface area contributed by atoms with Crippen LogP contribution in [0.4, 0.5) is 0 Å². The second-order valence-electron chi connectivity index (χ2n) is 7.90. The van der Waals surface area contributed by atoms with Gasteiger partial charge in [0.05, 0.1) is 0 Å². The lowest BCUT2D eigenvalue weighted by atomic mass is 9.76. The molecule has 0 bridgehead atoms. The minimum atomic E-state index is 0.798. The first-order valence-electron chi connectivity index (χ1n) is 8.82. The van der Waals surface area contributed by atoms with Crippen LogP contribution in [0.15, 0.2) is 0 Å². The molecule has 0 aromatic heterocycles. The molecule has 2 aliphatic rings. The van der Waals surface area contributed by atoms with Crippen molar-refractivity contribution in [1.29, 1.82) is 0 Å². The smallest absolute Gasteiger partial charge is 0.00978 e. The highest BCUT2D eigenvalue weighted by Gasteiger charge is 2.30. The normalized spacial score (nSPS) is 40.6. The summed E-state index contributed by atoms with van der Waals surface area (Å²) in [6.07, 6.45) is 11.5. The molecule has 1 nitrogen and oxygen atoms in total. The lowest BCUT2D eigenvalue weighted by Gasteiger charge is -2.39. The maximum Gasteiger partial charge on any atom is 0.00978 e. The molecule has 19 heavy (non-hydrogen) atoms. The molecule has 0 amide bonds. The molecule has 2 saturated carbocycles. The minimum Gasteiger partial charge on any atom is -0.311 e. The summed E-state index contributed by atoms with van der Waals surface area (Å²) >= 11 is 0. The van der Waals surface area contributed by atoms with Gasteiger partial charge in [-0.15, -0.1) is 0 Å². The summed E-state index contributed by atoms with van der Waals surface area (Å²) in [5.74, 6) is 3.65. The van der Waals surface area contributed by atoms with Crippen LogP contribution in [0.5, 0.6) is 0 Å². The first-order valence-corrected chi connectivity index (χ1v) is 8.82. The molecular weight excluding hydrogens is 230 g/mol. The van der Waals surface area contributed by atoms with E-state index in [0.717, 1.165) is 35.8 Å². The van der Waals surface area contributed by atoms with Gasteiger partial charge >= 0.3 is 0 Å². The van der Waals surface area contributed by atoms with Gasteiger partial charge in [-0.2, -0.15) is 0 Å². The van der Waals surface area contributed by atoms with Gasteiger partial charge in [0, 0.05) is 12.1 Å². The zero-order chi connectivity index (χ0) is 13.8. The molecule has 0 aliphatic heterocycles. The zero-order valence-corrected chi connectivity index (χ0v) is 13.6. The largest absolute Gasteiger partial charge is 0.311 e. The predicted molar refractivity (Wildman–Crippen MR) is 84.3 cm³/mol. The average molecular weight is 265 g/mol. The van der Waals surface area contributed by atoms with Crippen molar-refractivity contribution in [3.05, 3.63) is 0 Å². The highest BCUT2D eigenvalue weighted by Crippen LogP contribution is 2.33. The molecule has 0 radical (unpaired) electrons. The molecule has 0 spiro atoms. The van der Waals surface area contributed by atoms with E-state index in [9.17, 15) is 0 Å². The third-order valence-electron chi connectivity index (χ3n) is 5.74. The van der Waals surface area contributed by atoms with Gasteiger partial charge in [0.1, 0.15) is 0 Å². The minimum absolute atomic E-state index is 0.798. The Bertz CT molecular complexity index is 260. The van der Waals surface area contributed by atoms with Crippen molar-refractivity contribution in [1.82, 2.24) is 5.32 Å². The summed E-state index contributed by atoms with van der Waals surface area (Å²) < 4.78 is 0. The molecule has 0 aromatic carbocycles. The molecule has 1 N–H and O–H groups in total. The summed E-state index contributed by atoms with van der Waals surface area (Å²) in [7, 11) is 0. The van der Waals surface area contributed by atoms with Crippen LogP contribution in [0, 0.1) is 23.7 Å². The Morgan fingerprint density at radius 3 is 2.47 bits per heavy atom. The Labute approximate surface area is 120 Å². The van der Waals surface area contributed by atoms with Crippen LogP contribution >= 0.6 is 0 Å². The van der Waals surface area contributed by atoms with E-state index >= 15 is 0 Å². The van der Waals surface area contributed by atoms with Gasteiger partial charge in [0.2, 0.25) is 0 Å². The van der Waals surface area contributed by atoms with Crippen molar-refractivity contribution in [3.63, 3.8) is 0 Å². The van der Waals surface area contributed by atoms with Gasteiger partial charge in [0.25, 0.3) is 0 Å². The van der Waals surface area contributed by atoms with Crippen LogP contribution in [0.1, 0.15) is 79.1 Å². The van der Waals surface area contributed by atoms with Crippen molar-refractivity contribution in [3.8, 4) is 0 Å². The van der Waals surface area contributed by atoms with E-state index in [1.165, 1.54) is 51.4 Å². The van der Waals surface area contributed by atoms with Crippen LogP contribution in [0.2, 0.25) is 0 Å². The van der Waals surface area contributed by atoms with E-state index in [2.05, 4.69) is 33.0 Å². The maximum absolute atomic E-state index is 4.04. The van der Waals surface area contributed by atoms with Crippen LogP contribution in [0.25, 0.3) is 0 Å². The second kappa shape index (κ2) is 7.11. The fraction of sp³-hybridized carbons (Fsp3) is 1.00.